The minimum atomic E-state index is 0.0975. The van der Waals surface area contributed by atoms with E-state index in [2.05, 4.69) is 23.9 Å². The second-order valence-electron chi connectivity index (χ2n) is 5.84. The zero-order chi connectivity index (χ0) is 13.0. The molecule has 0 saturated carbocycles. The number of hydrogen-bond donors (Lipinski definition) is 0. The summed E-state index contributed by atoms with van der Waals surface area (Å²) >= 11 is 0. The van der Waals surface area contributed by atoms with Crippen LogP contribution in [0, 0.1) is 5.92 Å². The molecule has 2 heterocycles. The number of ether oxygens (including phenoxy) is 1. The summed E-state index contributed by atoms with van der Waals surface area (Å²) in [6.07, 6.45) is 4.01. The van der Waals surface area contributed by atoms with Crippen LogP contribution in [0.25, 0.3) is 0 Å². The maximum Gasteiger partial charge on any atom is 0.151 e. The van der Waals surface area contributed by atoms with Gasteiger partial charge in [-0.2, -0.15) is 0 Å². The molecule has 4 nitrogen and oxygen atoms in total. The van der Waals surface area contributed by atoms with Crippen molar-refractivity contribution in [1.29, 1.82) is 0 Å². The lowest BCUT2D eigenvalue weighted by Crippen LogP contribution is -2.44. The zero-order valence-electron chi connectivity index (χ0n) is 11.7. The van der Waals surface area contributed by atoms with Gasteiger partial charge in [0.15, 0.2) is 5.78 Å². The van der Waals surface area contributed by atoms with Crippen molar-refractivity contribution in [1.82, 2.24) is 9.80 Å². The fraction of sp³-hybridized carbons (Fsp3) is 0.929. The number of rotatable bonds is 3. The predicted molar refractivity (Wildman–Crippen MR) is 71.7 cm³/mol. The van der Waals surface area contributed by atoms with Crippen LogP contribution in [-0.4, -0.2) is 68.6 Å². The van der Waals surface area contributed by atoms with Crippen LogP contribution >= 0.6 is 0 Å². The highest BCUT2D eigenvalue weighted by molar-refractivity contribution is 5.84. The molecule has 0 spiro atoms. The number of nitrogens with zero attached hydrogens (tertiary/aromatic N) is 2. The van der Waals surface area contributed by atoms with Crippen molar-refractivity contribution >= 4 is 5.78 Å². The molecule has 0 bridgehead atoms. The van der Waals surface area contributed by atoms with Gasteiger partial charge in [0.25, 0.3) is 0 Å². The third-order valence-electron chi connectivity index (χ3n) is 4.27. The van der Waals surface area contributed by atoms with E-state index in [-0.39, 0.29) is 6.04 Å². The van der Waals surface area contributed by atoms with Crippen molar-refractivity contribution in [2.24, 2.45) is 5.92 Å². The third-order valence-corrected chi connectivity index (χ3v) is 4.27. The van der Waals surface area contributed by atoms with Crippen molar-refractivity contribution in [2.45, 2.75) is 31.7 Å². The fourth-order valence-electron chi connectivity index (χ4n) is 2.99. The molecule has 2 fully saturated rings. The molecular formula is C14H26N2O2. The van der Waals surface area contributed by atoms with Crippen molar-refractivity contribution in [3.63, 3.8) is 0 Å². The maximum absolute atomic E-state index is 12.5. The topological polar surface area (TPSA) is 32.8 Å². The summed E-state index contributed by atoms with van der Waals surface area (Å²) in [6.45, 7) is 4.69. The van der Waals surface area contributed by atoms with E-state index in [1.165, 1.54) is 0 Å². The molecule has 2 rings (SSSR count). The highest BCUT2D eigenvalue weighted by Crippen LogP contribution is 2.21. The molecule has 18 heavy (non-hydrogen) atoms. The molecule has 2 aliphatic rings. The van der Waals surface area contributed by atoms with E-state index in [1.54, 1.807) is 0 Å². The van der Waals surface area contributed by atoms with Gasteiger partial charge in [0.05, 0.1) is 6.04 Å². The second-order valence-corrected chi connectivity index (χ2v) is 5.84. The molecule has 0 aromatic heterocycles. The van der Waals surface area contributed by atoms with Gasteiger partial charge in [-0.1, -0.05) is 0 Å². The van der Waals surface area contributed by atoms with E-state index in [0.717, 1.165) is 58.5 Å². The third kappa shape index (κ3) is 3.77. The summed E-state index contributed by atoms with van der Waals surface area (Å²) in [5, 5.41) is 0. The van der Waals surface area contributed by atoms with E-state index in [0.29, 0.717) is 11.7 Å². The lowest BCUT2D eigenvalue weighted by molar-refractivity contribution is -0.125. The van der Waals surface area contributed by atoms with Crippen molar-refractivity contribution in [2.75, 3.05) is 46.9 Å². The average molecular weight is 254 g/mol. The predicted octanol–water partition coefficient (Wildman–Crippen LogP) is 1.01. The van der Waals surface area contributed by atoms with Gasteiger partial charge >= 0.3 is 0 Å². The molecule has 2 aliphatic heterocycles. The number of ketones is 1. The zero-order valence-corrected chi connectivity index (χ0v) is 11.7. The van der Waals surface area contributed by atoms with Crippen LogP contribution in [0.3, 0.4) is 0 Å². The van der Waals surface area contributed by atoms with Crippen LogP contribution < -0.4 is 0 Å². The molecule has 2 saturated heterocycles. The number of hydrogen-bond acceptors (Lipinski definition) is 4. The first-order valence-corrected chi connectivity index (χ1v) is 7.16. The Hall–Kier alpha value is -0.450. The van der Waals surface area contributed by atoms with E-state index in [4.69, 9.17) is 4.74 Å². The smallest absolute Gasteiger partial charge is 0.151 e. The van der Waals surface area contributed by atoms with Crippen LogP contribution in [0.5, 0.6) is 0 Å². The van der Waals surface area contributed by atoms with E-state index in [1.807, 2.05) is 0 Å². The minimum Gasteiger partial charge on any atom is -0.381 e. The molecule has 1 unspecified atom stereocenters. The van der Waals surface area contributed by atoms with Gasteiger partial charge in [-0.3, -0.25) is 9.69 Å². The molecule has 0 radical (unpaired) electrons. The second kappa shape index (κ2) is 6.64. The monoisotopic (exact) mass is 254 g/mol. The molecule has 0 N–H and O–H groups in total. The molecule has 1 atom stereocenters. The molecule has 4 heteroatoms. The van der Waals surface area contributed by atoms with Crippen LogP contribution in [0.1, 0.15) is 25.7 Å². The summed E-state index contributed by atoms with van der Waals surface area (Å²) in [5.74, 6) is 0.978. The number of Topliss-reactive ketones (excluding diaryl/α,β-unsaturated/α-hetero) is 1. The van der Waals surface area contributed by atoms with Crippen LogP contribution in [-0.2, 0) is 9.53 Å². The Labute approximate surface area is 110 Å². The summed E-state index contributed by atoms with van der Waals surface area (Å²) in [7, 11) is 4.21. The highest BCUT2D eigenvalue weighted by atomic mass is 16.5. The Morgan fingerprint density at radius 2 is 1.94 bits per heavy atom. The first-order valence-electron chi connectivity index (χ1n) is 7.16. The first-order chi connectivity index (χ1) is 8.66. The first kappa shape index (κ1) is 14.0. The van der Waals surface area contributed by atoms with E-state index in [9.17, 15) is 4.79 Å². The molecule has 0 aliphatic carbocycles. The molecular weight excluding hydrogens is 228 g/mol. The van der Waals surface area contributed by atoms with Gasteiger partial charge in [-0.25, -0.2) is 0 Å². The number of carbonyl (C=O) groups is 1. The quantitative estimate of drug-likeness (QED) is 0.752. The molecule has 0 aromatic carbocycles. The van der Waals surface area contributed by atoms with Gasteiger partial charge in [0, 0.05) is 26.2 Å². The molecule has 0 aromatic rings. The highest BCUT2D eigenvalue weighted by Gasteiger charge is 2.28. The van der Waals surface area contributed by atoms with Crippen LogP contribution in [0.15, 0.2) is 0 Å². The lowest BCUT2D eigenvalue weighted by Gasteiger charge is -2.28. The number of likely N-dealkylation sites (N-methyl/N-ethyl adjacent to an activating group) is 2. The standard InChI is InChI=1S/C14H26N2O2/c1-15-6-3-7-16(2)13(11-15)14(17)10-12-4-8-18-9-5-12/h12-13H,3-11H2,1-2H3. The van der Waals surface area contributed by atoms with Gasteiger partial charge in [-0.05, 0) is 52.4 Å². The van der Waals surface area contributed by atoms with Gasteiger partial charge in [-0.15, -0.1) is 0 Å². The Morgan fingerprint density at radius 3 is 2.67 bits per heavy atom. The normalized spacial score (nSPS) is 29.1. The van der Waals surface area contributed by atoms with Crippen LogP contribution in [0.4, 0.5) is 0 Å². The van der Waals surface area contributed by atoms with E-state index < -0.39 is 0 Å². The van der Waals surface area contributed by atoms with Crippen LogP contribution in [0.2, 0.25) is 0 Å². The van der Waals surface area contributed by atoms with E-state index >= 15 is 0 Å². The van der Waals surface area contributed by atoms with Crippen molar-refractivity contribution in [3.05, 3.63) is 0 Å². The Balaban J connectivity index is 1.88. The van der Waals surface area contributed by atoms with Gasteiger partial charge in [0.2, 0.25) is 0 Å². The van der Waals surface area contributed by atoms with Gasteiger partial charge in [0.1, 0.15) is 0 Å². The minimum absolute atomic E-state index is 0.0975. The molecule has 0 amide bonds. The Kier molecular flexibility index (Phi) is 5.15. The van der Waals surface area contributed by atoms with Crippen molar-refractivity contribution < 1.29 is 9.53 Å². The SMILES string of the molecule is CN1CCCN(C)C(C(=O)CC2CCOCC2)C1. The largest absolute Gasteiger partial charge is 0.381 e. The summed E-state index contributed by atoms with van der Waals surface area (Å²) in [5.41, 5.74) is 0. The van der Waals surface area contributed by atoms with Gasteiger partial charge < -0.3 is 9.64 Å². The summed E-state index contributed by atoms with van der Waals surface area (Å²) in [4.78, 5) is 17.0. The van der Waals surface area contributed by atoms with Crippen molar-refractivity contribution in [3.8, 4) is 0 Å². The Bertz CT molecular complexity index is 277. The molecule has 104 valence electrons. The number of carbonyl (C=O) groups excluding carboxylic acids is 1. The summed E-state index contributed by atoms with van der Waals surface area (Å²) < 4.78 is 5.35. The fourth-order valence-corrected chi connectivity index (χ4v) is 2.99. The lowest BCUT2D eigenvalue weighted by atomic mass is 9.91. The average Bonchev–Trinajstić information content (AvgIpc) is 2.52. The summed E-state index contributed by atoms with van der Waals surface area (Å²) in [6, 6.07) is 0.0975. The Morgan fingerprint density at radius 1 is 1.22 bits per heavy atom. The maximum atomic E-state index is 12.5.